The predicted octanol–water partition coefficient (Wildman–Crippen LogP) is 0.886. The molecule has 0 radical (unpaired) electrons. The minimum absolute atomic E-state index is 0.0980. The summed E-state index contributed by atoms with van der Waals surface area (Å²) in [6, 6.07) is 5.70. The minimum atomic E-state index is -3.78. The van der Waals surface area contributed by atoms with E-state index in [-0.39, 0.29) is 11.4 Å². The third-order valence-electron chi connectivity index (χ3n) is 2.33. The fraction of sp³-hybridized carbons (Fsp3) is 0.200. The van der Waals surface area contributed by atoms with Crippen molar-refractivity contribution < 1.29 is 13.2 Å². The molecule has 0 atom stereocenters. The van der Waals surface area contributed by atoms with Crippen LogP contribution in [0.3, 0.4) is 0 Å². The van der Waals surface area contributed by atoms with Crippen LogP contribution in [0.4, 0.5) is 4.79 Å². The number of carbonyl (C=O) groups is 1. The van der Waals surface area contributed by atoms with Crippen LogP contribution in [-0.2, 0) is 10.0 Å². The number of rotatable bonds is 3. The van der Waals surface area contributed by atoms with Crippen molar-refractivity contribution in [2.24, 2.45) is 5.10 Å². The molecule has 1 aliphatic heterocycles. The molecular weight excluding hydrogens is 383 g/mol. The quantitative estimate of drug-likeness (QED) is 0.746. The van der Waals surface area contributed by atoms with Crippen molar-refractivity contribution >= 4 is 44.4 Å². The molecule has 0 bridgehead atoms. The normalized spacial score (nSPS) is 16.0. The number of benzene rings is 1. The second-order valence-electron chi connectivity index (χ2n) is 3.90. The Hall–Kier alpha value is -1.20. The third-order valence-corrected chi connectivity index (χ3v) is 4.40. The van der Waals surface area contributed by atoms with Crippen LogP contribution in [0.5, 0.6) is 0 Å². The Kier molecular flexibility index (Phi) is 4.06. The number of nitrogens with zero attached hydrogens (tertiary/aromatic N) is 2. The van der Waals surface area contributed by atoms with Gasteiger partial charge in [-0.05, 0) is 53.8 Å². The molecule has 0 spiro atoms. The lowest BCUT2D eigenvalue weighted by molar-refractivity contribution is 0.193. The summed E-state index contributed by atoms with van der Waals surface area (Å²) in [5.74, 6) is 0. The number of nitrogens with one attached hydrogen (secondary N) is 2. The van der Waals surface area contributed by atoms with Crippen molar-refractivity contribution in [3.05, 3.63) is 27.8 Å². The van der Waals surface area contributed by atoms with E-state index in [9.17, 15) is 13.2 Å². The largest absolute Gasteiger partial charge is 0.353 e. The molecule has 1 aliphatic rings. The van der Waals surface area contributed by atoms with E-state index in [1.54, 1.807) is 19.1 Å². The van der Waals surface area contributed by atoms with E-state index in [0.717, 1.165) is 8.58 Å². The van der Waals surface area contributed by atoms with Crippen molar-refractivity contribution in [2.75, 3.05) is 6.54 Å². The molecule has 2 N–H and O–H groups in total. The minimum Gasteiger partial charge on any atom is -0.245 e. The van der Waals surface area contributed by atoms with Gasteiger partial charge in [0, 0.05) is 3.57 Å². The number of hydrazone groups is 1. The van der Waals surface area contributed by atoms with Crippen molar-refractivity contribution in [1.29, 1.82) is 0 Å². The average Bonchev–Trinajstić information content (AvgIpc) is 2.34. The first-order valence-corrected chi connectivity index (χ1v) is 7.83. The molecule has 102 valence electrons. The van der Waals surface area contributed by atoms with Gasteiger partial charge >= 0.3 is 6.03 Å². The Bertz CT molecular complexity index is 627. The summed E-state index contributed by atoms with van der Waals surface area (Å²) in [6.07, 6.45) is 0. The lowest BCUT2D eigenvalue weighted by Crippen LogP contribution is -2.54. The summed E-state index contributed by atoms with van der Waals surface area (Å²) in [5, 5.41) is 4.68. The zero-order valence-corrected chi connectivity index (χ0v) is 12.9. The molecule has 1 aromatic rings. The van der Waals surface area contributed by atoms with Crippen LogP contribution in [0, 0.1) is 3.57 Å². The summed E-state index contributed by atoms with van der Waals surface area (Å²) in [5.41, 5.74) is 2.81. The predicted molar refractivity (Wildman–Crippen MR) is 77.8 cm³/mol. The first kappa shape index (κ1) is 14.2. The highest BCUT2D eigenvalue weighted by Crippen LogP contribution is 2.12. The number of carbonyl (C=O) groups excluding carboxylic acids is 1. The summed E-state index contributed by atoms with van der Waals surface area (Å²) in [4.78, 5) is 13.8. The van der Waals surface area contributed by atoms with E-state index in [0.29, 0.717) is 5.71 Å². The summed E-state index contributed by atoms with van der Waals surface area (Å²) < 4.78 is 25.1. The zero-order valence-electron chi connectivity index (χ0n) is 9.92. The smallest absolute Gasteiger partial charge is 0.245 e. The van der Waals surface area contributed by atoms with Crippen LogP contribution in [0.25, 0.3) is 0 Å². The molecule has 9 heteroatoms. The Morgan fingerprint density at radius 1 is 1.37 bits per heavy atom. The van der Waals surface area contributed by atoms with Crippen molar-refractivity contribution in [3.63, 3.8) is 0 Å². The molecule has 1 aromatic carbocycles. The summed E-state index contributed by atoms with van der Waals surface area (Å²) in [7, 11) is -3.78. The standard InChI is InChI=1S/C10H11IN4O3S/c1-7-6-15(10(16)13-12-7)14-19(17,18)9-4-2-8(11)3-5-9/h2-5,14H,6H2,1H3,(H,13,16). The number of hydrogen-bond donors (Lipinski definition) is 2. The highest BCUT2D eigenvalue weighted by Gasteiger charge is 2.25. The lowest BCUT2D eigenvalue weighted by Gasteiger charge is -2.25. The third kappa shape index (κ3) is 3.42. The zero-order chi connectivity index (χ0) is 14.0. The van der Waals surface area contributed by atoms with Crippen LogP contribution < -0.4 is 10.3 Å². The van der Waals surface area contributed by atoms with Crippen molar-refractivity contribution in [3.8, 4) is 0 Å². The second-order valence-corrected chi connectivity index (χ2v) is 6.81. The molecule has 19 heavy (non-hydrogen) atoms. The molecule has 0 unspecified atom stereocenters. The average molecular weight is 394 g/mol. The van der Waals surface area contributed by atoms with E-state index in [1.165, 1.54) is 12.1 Å². The van der Waals surface area contributed by atoms with Crippen LogP contribution in [0.15, 0.2) is 34.3 Å². The van der Waals surface area contributed by atoms with E-state index in [2.05, 4.69) is 37.9 Å². The fourth-order valence-electron chi connectivity index (χ4n) is 1.42. The van der Waals surface area contributed by atoms with Gasteiger partial charge in [0.1, 0.15) is 0 Å². The first-order chi connectivity index (χ1) is 8.88. The number of hydrazine groups is 1. The Labute approximate surface area is 124 Å². The monoisotopic (exact) mass is 394 g/mol. The van der Waals surface area contributed by atoms with Crippen LogP contribution in [0.2, 0.25) is 0 Å². The molecular formula is C10H11IN4O3S. The van der Waals surface area contributed by atoms with Gasteiger partial charge in [0.15, 0.2) is 0 Å². The van der Waals surface area contributed by atoms with E-state index in [4.69, 9.17) is 0 Å². The maximum absolute atomic E-state index is 12.1. The maximum atomic E-state index is 12.1. The first-order valence-electron chi connectivity index (χ1n) is 5.27. The van der Waals surface area contributed by atoms with E-state index in [1.807, 2.05) is 0 Å². The Balaban J connectivity index is 2.20. The fourth-order valence-corrected chi connectivity index (χ4v) is 2.82. The molecule has 0 aromatic heterocycles. The van der Waals surface area contributed by atoms with Gasteiger partial charge in [-0.3, -0.25) is 0 Å². The van der Waals surface area contributed by atoms with Gasteiger partial charge in [0.2, 0.25) is 0 Å². The van der Waals surface area contributed by atoms with Gasteiger partial charge < -0.3 is 0 Å². The van der Waals surface area contributed by atoms with Gasteiger partial charge in [-0.2, -0.15) is 5.10 Å². The number of sulfonamides is 1. The van der Waals surface area contributed by atoms with Gasteiger partial charge in [-0.1, -0.05) is 0 Å². The van der Waals surface area contributed by atoms with E-state index < -0.39 is 16.1 Å². The number of amides is 2. The molecule has 1 heterocycles. The topological polar surface area (TPSA) is 90.9 Å². The molecule has 0 saturated heterocycles. The number of urea groups is 1. The summed E-state index contributed by atoms with van der Waals surface area (Å²) in [6.45, 7) is 1.79. The molecule has 0 saturated carbocycles. The number of hydrogen-bond acceptors (Lipinski definition) is 4. The van der Waals surface area contributed by atoms with Crippen molar-refractivity contribution in [2.45, 2.75) is 11.8 Å². The maximum Gasteiger partial charge on any atom is 0.353 e. The number of halogens is 1. The van der Waals surface area contributed by atoms with Gasteiger partial charge in [-0.15, -0.1) is 4.83 Å². The second kappa shape index (κ2) is 5.43. The Morgan fingerprint density at radius 3 is 2.63 bits per heavy atom. The van der Waals surface area contributed by atoms with Gasteiger partial charge in [0.25, 0.3) is 10.0 Å². The van der Waals surface area contributed by atoms with Crippen LogP contribution >= 0.6 is 22.6 Å². The molecule has 0 fully saturated rings. The van der Waals surface area contributed by atoms with Gasteiger partial charge in [0.05, 0.1) is 17.2 Å². The Morgan fingerprint density at radius 2 is 2.00 bits per heavy atom. The van der Waals surface area contributed by atoms with Gasteiger partial charge in [-0.25, -0.2) is 23.6 Å². The molecule has 2 rings (SSSR count). The molecule has 0 aliphatic carbocycles. The molecule has 7 nitrogen and oxygen atoms in total. The highest BCUT2D eigenvalue weighted by molar-refractivity contribution is 14.1. The lowest BCUT2D eigenvalue weighted by atomic mass is 10.4. The summed E-state index contributed by atoms with van der Waals surface area (Å²) >= 11 is 2.08. The highest BCUT2D eigenvalue weighted by atomic mass is 127. The SMILES string of the molecule is CC1=NNC(=O)N(NS(=O)(=O)c2ccc(I)cc2)C1. The molecule has 2 amide bonds. The van der Waals surface area contributed by atoms with Crippen molar-refractivity contribution in [1.82, 2.24) is 15.3 Å². The van der Waals surface area contributed by atoms with E-state index >= 15 is 0 Å². The van der Waals surface area contributed by atoms with Crippen LogP contribution in [-0.4, -0.2) is 31.7 Å². The van der Waals surface area contributed by atoms with Crippen LogP contribution in [0.1, 0.15) is 6.92 Å².